The number of hydrogen-bond acceptors (Lipinski definition) is 2. The lowest BCUT2D eigenvalue weighted by atomic mass is 10.1. The zero-order chi connectivity index (χ0) is 11.5. The van der Waals surface area contributed by atoms with Crippen LogP contribution in [0.4, 0.5) is 0 Å². The van der Waals surface area contributed by atoms with Gasteiger partial charge in [-0.25, -0.2) is 0 Å². The highest BCUT2D eigenvalue weighted by Gasteiger charge is 2.05. The van der Waals surface area contributed by atoms with Gasteiger partial charge in [0.2, 0.25) is 0 Å². The van der Waals surface area contributed by atoms with Crippen LogP contribution < -0.4 is 5.56 Å². The van der Waals surface area contributed by atoms with Crippen molar-refractivity contribution in [2.24, 2.45) is 7.05 Å². The summed E-state index contributed by atoms with van der Waals surface area (Å²) in [5.41, 5.74) is 1.68. The molecule has 0 aliphatic heterocycles. The Morgan fingerprint density at radius 1 is 1.06 bits per heavy atom. The van der Waals surface area contributed by atoms with Gasteiger partial charge in [0.25, 0.3) is 5.56 Å². The molecule has 1 heterocycles. The predicted octanol–water partition coefficient (Wildman–Crippen LogP) is 1.86. The normalized spacial score (nSPS) is 10.1. The van der Waals surface area contributed by atoms with E-state index in [1.807, 2.05) is 30.3 Å². The lowest BCUT2D eigenvalue weighted by molar-refractivity contribution is 0.112. The molecule has 1 aromatic heterocycles. The third-order valence-electron chi connectivity index (χ3n) is 2.53. The van der Waals surface area contributed by atoms with Crippen molar-refractivity contribution in [1.82, 2.24) is 4.57 Å². The van der Waals surface area contributed by atoms with Gasteiger partial charge < -0.3 is 4.57 Å². The molecule has 0 N–H and O–H groups in total. The predicted molar refractivity (Wildman–Crippen MR) is 62.5 cm³/mol. The monoisotopic (exact) mass is 213 g/mol. The van der Waals surface area contributed by atoms with Crippen LogP contribution in [0.25, 0.3) is 11.3 Å². The molecule has 0 amide bonds. The Hall–Kier alpha value is -2.16. The molecule has 2 aromatic rings. The van der Waals surface area contributed by atoms with Crippen LogP contribution in [-0.4, -0.2) is 10.9 Å². The standard InChI is InChI=1S/C13H11NO2/c1-14-12(10-5-3-2-4-6-10)8-7-11(9-15)13(14)16/h2-9H,1H3. The second-order valence-corrected chi connectivity index (χ2v) is 3.52. The Bertz CT molecular complexity index is 570. The minimum atomic E-state index is -0.267. The van der Waals surface area contributed by atoms with Crippen LogP contribution in [0.15, 0.2) is 47.3 Å². The van der Waals surface area contributed by atoms with E-state index in [-0.39, 0.29) is 11.1 Å². The smallest absolute Gasteiger partial charge is 0.261 e. The summed E-state index contributed by atoms with van der Waals surface area (Å²) in [6, 6.07) is 12.9. The number of aromatic nitrogens is 1. The van der Waals surface area contributed by atoms with Crippen LogP contribution in [0.5, 0.6) is 0 Å². The largest absolute Gasteiger partial charge is 0.311 e. The Morgan fingerprint density at radius 2 is 1.75 bits per heavy atom. The zero-order valence-electron chi connectivity index (χ0n) is 8.88. The van der Waals surface area contributed by atoms with E-state index in [9.17, 15) is 9.59 Å². The molecule has 0 unspecified atom stereocenters. The first-order valence-corrected chi connectivity index (χ1v) is 4.94. The highest BCUT2D eigenvalue weighted by molar-refractivity contribution is 5.75. The van der Waals surface area contributed by atoms with Crippen LogP contribution in [0.2, 0.25) is 0 Å². The number of pyridine rings is 1. The van der Waals surface area contributed by atoms with Gasteiger partial charge in [-0.05, 0) is 17.7 Å². The highest BCUT2D eigenvalue weighted by atomic mass is 16.1. The van der Waals surface area contributed by atoms with E-state index < -0.39 is 0 Å². The summed E-state index contributed by atoms with van der Waals surface area (Å²) in [6.07, 6.45) is 0.580. The number of carbonyl (C=O) groups excluding carboxylic acids is 1. The van der Waals surface area contributed by atoms with Gasteiger partial charge in [0.05, 0.1) is 11.3 Å². The van der Waals surface area contributed by atoms with Gasteiger partial charge >= 0.3 is 0 Å². The van der Waals surface area contributed by atoms with Gasteiger partial charge in [-0.1, -0.05) is 30.3 Å². The maximum absolute atomic E-state index is 11.7. The third kappa shape index (κ3) is 1.67. The molecule has 0 spiro atoms. The van der Waals surface area contributed by atoms with Crippen LogP contribution >= 0.6 is 0 Å². The Kier molecular flexibility index (Phi) is 2.68. The second kappa shape index (κ2) is 4.14. The van der Waals surface area contributed by atoms with Crippen molar-refractivity contribution in [1.29, 1.82) is 0 Å². The fraction of sp³-hybridized carbons (Fsp3) is 0.0769. The Labute approximate surface area is 93.0 Å². The fourth-order valence-corrected chi connectivity index (χ4v) is 1.64. The maximum atomic E-state index is 11.7. The lowest BCUT2D eigenvalue weighted by Crippen LogP contribution is -2.21. The molecule has 1 aromatic carbocycles. The van der Waals surface area contributed by atoms with E-state index in [2.05, 4.69) is 0 Å². The van der Waals surface area contributed by atoms with Crippen molar-refractivity contribution in [3.63, 3.8) is 0 Å². The minimum Gasteiger partial charge on any atom is -0.311 e. The molecule has 0 fully saturated rings. The number of benzene rings is 1. The molecule has 0 aliphatic rings. The van der Waals surface area contributed by atoms with E-state index >= 15 is 0 Å². The lowest BCUT2D eigenvalue weighted by Gasteiger charge is -2.08. The molecule has 80 valence electrons. The number of hydrogen-bond donors (Lipinski definition) is 0. The molecular formula is C13H11NO2. The van der Waals surface area contributed by atoms with Gasteiger partial charge in [-0.3, -0.25) is 9.59 Å². The van der Waals surface area contributed by atoms with Gasteiger partial charge in [-0.2, -0.15) is 0 Å². The number of rotatable bonds is 2. The van der Waals surface area contributed by atoms with Crippen LogP contribution in [0, 0.1) is 0 Å². The zero-order valence-corrected chi connectivity index (χ0v) is 8.88. The summed E-state index contributed by atoms with van der Waals surface area (Å²) in [5, 5.41) is 0. The van der Waals surface area contributed by atoms with E-state index in [1.54, 1.807) is 19.2 Å². The Morgan fingerprint density at radius 3 is 2.38 bits per heavy atom. The summed E-state index contributed by atoms with van der Waals surface area (Å²) in [6.45, 7) is 0. The molecule has 0 atom stereocenters. The first-order chi connectivity index (χ1) is 7.74. The van der Waals surface area contributed by atoms with Crippen molar-refractivity contribution in [2.75, 3.05) is 0 Å². The van der Waals surface area contributed by atoms with Crippen molar-refractivity contribution < 1.29 is 4.79 Å². The summed E-state index contributed by atoms with van der Waals surface area (Å²) >= 11 is 0. The maximum Gasteiger partial charge on any atom is 0.261 e. The molecule has 0 radical (unpaired) electrons. The summed E-state index contributed by atoms with van der Waals surface area (Å²) in [7, 11) is 1.66. The first kappa shape index (κ1) is 10.4. The highest BCUT2D eigenvalue weighted by Crippen LogP contribution is 2.16. The molecule has 3 nitrogen and oxygen atoms in total. The fourth-order valence-electron chi connectivity index (χ4n) is 1.64. The van der Waals surface area contributed by atoms with Crippen molar-refractivity contribution in [3.05, 3.63) is 58.4 Å². The van der Waals surface area contributed by atoms with Crippen molar-refractivity contribution in [2.45, 2.75) is 0 Å². The average Bonchev–Trinajstić information content (AvgIpc) is 2.34. The summed E-state index contributed by atoms with van der Waals surface area (Å²) < 4.78 is 1.49. The molecule has 0 saturated heterocycles. The number of carbonyl (C=O) groups is 1. The molecule has 0 saturated carbocycles. The van der Waals surface area contributed by atoms with Gasteiger partial charge in [-0.15, -0.1) is 0 Å². The number of aldehydes is 1. The average molecular weight is 213 g/mol. The van der Waals surface area contributed by atoms with Crippen LogP contribution in [0.3, 0.4) is 0 Å². The van der Waals surface area contributed by atoms with Crippen molar-refractivity contribution >= 4 is 6.29 Å². The van der Waals surface area contributed by atoms with E-state index in [0.717, 1.165) is 11.3 Å². The minimum absolute atomic E-state index is 0.183. The molecule has 0 bridgehead atoms. The third-order valence-corrected chi connectivity index (χ3v) is 2.53. The molecule has 16 heavy (non-hydrogen) atoms. The van der Waals surface area contributed by atoms with Gasteiger partial charge in [0.15, 0.2) is 6.29 Å². The molecular weight excluding hydrogens is 202 g/mol. The molecule has 0 aliphatic carbocycles. The topological polar surface area (TPSA) is 39.1 Å². The van der Waals surface area contributed by atoms with Crippen molar-refractivity contribution in [3.8, 4) is 11.3 Å². The van der Waals surface area contributed by atoms with Crippen LogP contribution in [-0.2, 0) is 7.05 Å². The quantitative estimate of drug-likeness (QED) is 0.714. The summed E-state index contributed by atoms with van der Waals surface area (Å²) in [4.78, 5) is 22.3. The van der Waals surface area contributed by atoms with Gasteiger partial charge in [0, 0.05) is 7.05 Å². The Balaban J connectivity index is 2.65. The van der Waals surface area contributed by atoms with E-state index in [4.69, 9.17) is 0 Å². The van der Waals surface area contributed by atoms with Crippen LogP contribution in [0.1, 0.15) is 10.4 Å². The van der Waals surface area contributed by atoms with E-state index in [0.29, 0.717) is 6.29 Å². The second-order valence-electron chi connectivity index (χ2n) is 3.52. The SMILES string of the molecule is Cn1c(-c2ccccc2)ccc(C=O)c1=O. The molecule has 2 rings (SSSR count). The number of nitrogens with zero attached hydrogens (tertiary/aromatic N) is 1. The van der Waals surface area contributed by atoms with E-state index in [1.165, 1.54) is 4.57 Å². The van der Waals surface area contributed by atoms with Gasteiger partial charge in [0.1, 0.15) is 0 Å². The summed E-state index contributed by atoms with van der Waals surface area (Å²) in [5.74, 6) is 0. The first-order valence-electron chi connectivity index (χ1n) is 4.94. The molecule has 3 heteroatoms.